The van der Waals surface area contributed by atoms with Gasteiger partial charge in [-0.15, -0.1) is 0 Å². The van der Waals surface area contributed by atoms with Gasteiger partial charge in [-0.1, -0.05) is 18.2 Å². The molecule has 0 radical (unpaired) electrons. The molecule has 5 nitrogen and oxygen atoms in total. The molecular formula is C18H28N2O3. The highest BCUT2D eigenvalue weighted by molar-refractivity contribution is 5.68. The summed E-state index contributed by atoms with van der Waals surface area (Å²) < 4.78 is 11.1. The molecule has 1 aliphatic rings. The van der Waals surface area contributed by atoms with Crippen LogP contribution in [-0.4, -0.2) is 42.8 Å². The van der Waals surface area contributed by atoms with E-state index in [2.05, 4.69) is 11.4 Å². The maximum atomic E-state index is 12.1. The standard InChI is InChI=1S/C18H28N2O3/c1-5-20(17(21)23-18(2,3)4)12-11-19-15-10-13-22-16-9-7-6-8-14(15)16/h6-9,15,19H,5,10-13H2,1-4H3. The van der Waals surface area contributed by atoms with Crippen LogP contribution >= 0.6 is 0 Å². The molecule has 1 aromatic carbocycles. The van der Waals surface area contributed by atoms with E-state index in [0.717, 1.165) is 25.3 Å². The normalized spacial score (nSPS) is 17.1. The predicted octanol–water partition coefficient (Wildman–Crippen LogP) is 3.36. The van der Waals surface area contributed by atoms with E-state index < -0.39 is 5.60 Å². The summed E-state index contributed by atoms with van der Waals surface area (Å²) in [6, 6.07) is 8.39. The maximum Gasteiger partial charge on any atom is 0.410 e. The average molecular weight is 320 g/mol. The number of carbonyl (C=O) groups excluding carboxylic acids is 1. The summed E-state index contributed by atoms with van der Waals surface area (Å²) in [4.78, 5) is 13.9. The molecule has 2 rings (SSSR count). The van der Waals surface area contributed by atoms with E-state index >= 15 is 0 Å². The van der Waals surface area contributed by atoms with Crippen LogP contribution in [-0.2, 0) is 4.74 Å². The Labute approximate surface area is 139 Å². The molecule has 0 spiro atoms. The van der Waals surface area contributed by atoms with Gasteiger partial charge in [0.1, 0.15) is 11.4 Å². The van der Waals surface area contributed by atoms with Crippen LogP contribution in [0, 0.1) is 0 Å². The molecule has 0 aromatic heterocycles. The van der Waals surface area contributed by atoms with E-state index in [9.17, 15) is 4.79 Å². The van der Waals surface area contributed by atoms with Crippen LogP contribution in [0.25, 0.3) is 0 Å². The van der Waals surface area contributed by atoms with Gasteiger partial charge in [0.15, 0.2) is 0 Å². The first-order chi connectivity index (χ1) is 10.9. The zero-order valence-electron chi connectivity index (χ0n) is 14.6. The molecule has 0 bridgehead atoms. The van der Waals surface area contributed by atoms with Crippen LogP contribution < -0.4 is 10.1 Å². The van der Waals surface area contributed by atoms with E-state index in [1.807, 2.05) is 45.9 Å². The number of hydrogen-bond donors (Lipinski definition) is 1. The van der Waals surface area contributed by atoms with Crippen molar-refractivity contribution in [1.82, 2.24) is 10.2 Å². The fourth-order valence-corrected chi connectivity index (χ4v) is 2.63. The van der Waals surface area contributed by atoms with Gasteiger partial charge in [-0.25, -0.2) is 4.79 Å². The molecule has 128 valence electrons. The molecule has 1 amide bonds. The molecule has 0 saturated heterocycles. The lowest BCUT2D eigenvalue weighted by atomic mass is 10.0. The Morgan fingerprint density at radius 3 is 2.83 bits per heavy atom. The molecular weight excluding hydrogens is 292 g/mol. The van der Waals surface area contributed by atoms with E-state index in [-0.39, 0.29) is 12.1 Å². The Morgan fingerprint density at radius 2 is 2.13 bits per heavy atom. The molecule has 0 aliphatic carbocycles. The van der Waals surface area contributed by atoms with Crippen molar-refractivity contribution in [2.45, 2.75) is 45.8 Å². The average Bonchev–Trinajstić information content (AvgIpc) is 2.50. The summed E-state index contributed by atoms with van der Waals surface area (Å²) in [5.74, 6) is 0.954. The predicted molar refractivity (Wildman–Crippen MR) is 90.8 cm³/mol. The number of fused-ring (bicyclic) bond motifs is 1. The number of likely N-dealkylation sites (N-methyl/N-ethyl adjacent to an activating group) is 1. The van der Waals surface area contributed by atoms with Crippen molar-refractivity contribution in [1.29, 1.82) is 0 Å². The molecule has 1 aromatic rings. The third-order valence-corrected chi connectivity index (χ3v) is 3.76. The third-order valence-electron chi connectivity index (χ3n) is 3.76. The van der Waals surface area contributed by atoms with Crippen molar-refractivity contribution >= 4 is 6.09 Å². The third kappa shape index (κ3) is 5.13. The quantitative estimate of drug-likeness (QED) is 0.904. The van der Waals surface area contributed by atoms with Gasteiger partial charge in [0, 0.05) is 37.7 Å². The van der Waals surface area contributed by atoms with Crippen molar-refractivity contribution < 1.29 is 14.3 Å². The van der Waals surface area contributed by atoms with Crippen LogP contribution in [0.4, 0.5) is 4.79 Å². The van der Waals surface area contributed by atoms with Crippen molar-refractivity contribution in [3.8, 4) is 5.75 Å². The summed E-state index contributed by atoms with van der Waals surface area (Å²) in [5, 5.41) is 3.53. The monoisotopic (exact) mass is 320 g/mol. The number of benzene rings is 1. The van der Waals surface area contributed by atoms with Gasteiger partial charge in [-0.3, -0.25) is 0 Å². The summed E-state index contributed by atoms with van der Waals surface area (Å²) in [5.41, 5.74) is 0.733. The van der Waals surface area contributed by atoms with Gasteiger partial charge in [0.05, 0.1) is 6.61 Å². The number of para-hydroxylation sites is 1. The van der Waals surface area contributed by atoms with Crippen molar-refractivity contribution in [3.63, 3.8) is 0 Å². The van der Waals surface area contributed by atoms with Crippen molar-refractivity contribution in [2.75, 3.05) is 26.2 Å². The minimum Gasteiger partial charge on any atom is -0.493 e. The van der Waals surface area contributed by atoms with Gasteiger partial charge in [-0.05, 0) is 33.8 Å². The van der Waals surface area contributed by atoms with Gasteiger partial charge in [-0.2, -0.15) is 0 Å². The highest BCUT2D eigenvalue weighted by atomic mass is 16.6. The Kier molecular flexibility index (Phi) is 5.88. The van der Waals surface area contributed by atoms with Gasteiger partial charge >= 0.3 is 6.09 Å². The summed E-state index contributed by atoms with van der Waals surface area (Å²) >= 11 is 0. The second-order valence-corrected chi connectivity index (χ2v) is 6.74. The van der Waals surface area contributed by atoms with Gasteiger partial charge in [0.2, 0.25) is 0 Å². The van der Waals surface area contributed by atoms with Crippen LogP contribution in [0.1, 0.15) is 45.7 Å². The highest BCUT2D eigenvalue weighted by Crippen LogP contribution is 2.31. The number of rotatable bonds is 5. The molecule has 0 fully saturated rings. The maximum absolute atomic E-state index is 12.1. The summed E-state index contributed by atoms with van der Waals surface area (Å²) in [6.45, 7) is 10.3. The Morgan fingerprint density at radius 1 is 1.39 bits per heavy atom. The second kappa shape index (κ2) is 7.68. The zero-order chi connectivity index (χ0) is 16.9. The lowest BCUT2D eigenvalue weighted by Crippen LogP contribution is -2.41. The van der Waals surface area contributed by atoms with E-state index in [1.54, 1.807) is 4.90 Å². The first-order valence-corrected chi connectivity index (χ1v) is 8.33. The molecule has 0 saturated carbocycles. The second-order valence-electron chi connectivity index (χ2n) is 6.74. The smallest absolute Gasteiger partial charge is 0.410 e. The fraction of sp³-hybridized carbons (Fsp3) is 0.611. The molecule has 1 aliphatic heterocycles. The van der Waals surface area contributed by atoms with Crippen LogP contribution in [0.5, 0.6) is 5.75 Å². The number of nitrogens with zero attached hydrogens (tertiary/aromatic N) is 1. The first-order valence-electron chi connectivity index (χ1n) is 8.33. The van der Waals surface area contributed by atoms with E-state index in [4.69, 9.17) is 9.47 Å². The fourth-order valence-electron chi connectivity index (χ4n) is 2.63. The number of carbonyl (C=O) groups is 1. The molecule has 1 N–H and O–H groups in total. The first kappa shape index (κ1) is 17.6. The van der Waals surface area contributed by atoms with Gasteiger partial charge in [0.25, 0.3) is 0 Å². The van der Waals surface area contributed by atoms with Crippen LogP contribution in [0.15, 0.2) is 24.3 Å². The summed E-state index contributed by atoms with van der Waals surface area (Å²) in [7, 11) is 0. The van der Waals surface area contributed by atoms with Crippen molar-refractivity contribution in [2.24, 2.45) is 0 Å². The topological polar surface area (TPSA) is 50.8 Å². The Balaban J connectivity index is 1.86. The number of nitrogens with one attached hydrogen (secondary N) is 1. The SMILES string of the molecule is CCN(CCNC1CCOc2ccccc21)C(=O)OC(C)(C)C. The van der Waals surface area contributed by atoms with Crippen LogP contribution in [0.2, 0.25) is 0 Å². The van der Waals surface area contributed by atoms with Crippen LogP contribution in [0.3, 0.4) is 0 Å². The van der Waals surface area contributed by atoms with Crippen molar-refractivity contribution in [3.05, 3.63) is 29.8 Å². The highest BCUT2D eigenvalue weighted by Gasteiger charge is 2.23. The van der Waals surface area contributed by atoms with E-state index in [1.165, 1.54) is 5.56 Å². The number of ether oxygens (including phenoxy) is 2. The molecule has 1 heterocycles. The zero-order valence-corrected chi connectivity index (χ0v) is 14.6. The summed E-state index contributed by atoms with van der Waals surface area (Å²) in [6.07, 6.45) is 0.685. The molecule has 1 unspecified atom stereocenters. The Bertz CT molecular complexity index is 525. The molecule has 5 heteroatoms. The number of hydrogen-bond acceptors (Lipinski definition) is 4. The lowest BCUT2D eigenvalue weighted by Gasteiger charge is -2.29. The number of amides is 1. The molecule has 1 atom stereocenters. The lowest BCUT2D eigenvalue weighted by molar-refractivity contribution is 0.0260. The minimum absolute atomic E-state index is 0.255. The molecule has 23 heavy (non-hydrogen) atoms. The van der Waals surface area contributed by atoms with E-state index in [0.29, 0.717) is 13.1 Å². The Hall–Kier alpha value is -1.75. The minimum atomic E-state index is -0.461. The largest absolute Gasteiger partial charge is 0.493 e. The van der Waals surface area contributed by atoms with Gasteiger partial charge < -0.3 is 19.7 Å².